The molecule has 2 heterocycles. The summed E-state index contributed by atoms with van der Waals surface area (Å²) < 4.78 is 16.0. The number of hydrogen-bond acceptors (Lipinski definition) is 5. The molecule has 0 radical (unpaired) electrons. The van der Waals surface area contributed by atoms with E-state index in [0.29, 0.717) is 23.6 Å². The molecule has 6 nitrogen and oxygen atoms in total. The molecule has 2 aromatic rings. The molecule has 2 aromatic carbocycles. The first kappa shape index (κ1) is 22.0. The van der Waals surface area contributed by atoms with E-state index in [9.17, 15) is 4.79 Å². The van der Waals surface area contributed by atoms with Crippen molar-refractivity contribution in [1.29, 1.82) is 0 Å². The largest absolute Gasteiger partial charge is 0.497 e. The summed E-state index contributed by atoms with van der Waals surface area (Å²) in [6, 6.07) is 14.1. The number of hydrogen-bond donors (Lipinski definition) is 0. The molecule has 2 unspecified atom stereocenters. The Morgan fingerprint density at radius 1 is 1.00 bits per heavy atom. The zero-order chi connectivity index (χ0) is 22.7. The van der Waals surface area contributed by atoms with Gasteiger partial charge in [0.15, 0.2) is 11.5 Å². The van der Waals surface area contributed by atoms with Gasteiger partial charge in [-0.05, 0) is 74.0 Å². The van der Waals surface area contributed by atoms with Crippen LogP contribution in [0.1, 0.15) is 24.8 Å². The Hall–Kier alpha value is -3.25. The molecule has 2 aliphatic heterocycles. The molecule has 2 atom stereocenters. The highest BCUT2D eigenvalue weighted by Gasteiger charge is 2.36. The van der Waals surface area contributed by atoms with Gasteiger partial charge in [0.05, 0.1) is 21.3 Å². The Balaban J connectivity index is 1.64. The number of likely N-dealkylation sites (N-methyl/N-ethyl adjacent to an activating group) is 1. The smallest absolute Gasteiger partial charge is 0.255 e. The van der Waals surface area contributed by atoms with Gasteiger partial charge in [0, 0.05) is 36.0 Å². The van der Waals surface area contributed by atoms with Crippen molar-refractivity contribution in [2.75, 3.05) is 33.3 Å². The van der Waals surface area contributed by atoms with Gasteiger partial charge in [-0.3, -0.25) is 14.6 Å². The number of carbonyl (C=O) groups is 1. The van der Waals surface area contributed by atoms with Gasteiger partial charge < -0.3 is 14.2 Å². The predicted molar refractivity (Wildman–Crippen MR) is 126 cm³/mol. The van der Waals surface area contributed by atoms with Crippen LogP contribution in [-0.2, 0) is 4.79 Å². The van der Waals surface area contributed by atoms with Gasteiger partial charge in [-0.2, -0.15) is 0 Å². The molecule has 1 saturated heterocycles. The van der Waals surface area contributed by atoms with Crippen LogP contribution in [0.4, 0.5) is 5.69 Å². The lowest BCUT2D eigenvalue weighted by Gasteiger charge is -2.35. The molecule has 1 amide bonds. The van der Waals surface area contributed by atoms with Crippen molar-refractivity contribution in [2.24, 2.45) is 0 Å². The zero-order valence-electron chi connectivity index (χ0n) is 19.1. The summed E-state index contributed by atoms with van der Waals surface area (Å²) in [7, 11) is 7.02. The molecule has 1 fully saturated rings. The van der Waals surface area contributed by atoms with E-state index in [2.05, 4.69) is 18.0 Å². The van der Waals surface area contributed by atoms with E-state index in [4.69, 9.17) is 14.2 Å². The van der Waals surface area contributed by atoms with E-state index >= 15 is 0 Å². The molecule has 6 heteroatoms. The molecule has 2 aliphatic rings. The minimum atomic E-state index is -0.0832. The number of carbonyl (C=O) groups excluding carboxylic acids is 1. The fourth-order valence-corrected chi connectivity index (χ4v) is 4.55. The van der Waals surface area contributed by atoms with E-state index in [-0.39, 0.29) is 5.91 Å². The maximum atomic E-state index is 13.5. The second-order valence-electron chi connectivity index (χ2n) is 8.15. The Kier molecular flexibility index (Phi) is 6.51. The van der Waals surface area contributed by atoms with Crippen molar-refractivity contribution in [2.45, 2.75) is 31.3 Å². The zero-order valence-corrected chi connectivity index (χ0v) is 19.1. The van der Waals surface area contributed by atoms with Crippen LogP contribution in [0.15, 0.2) is 60.3 Å². The fourth-order valence-electron chi connectivity index (χ4n) is 4.55. The minimum Gasteiger partial charge on any atom is -0.497 e. The van der Waals surface area contributed by atoms with Gasteiger partial charge in [-0.1, -0.05) is 6.07 Å². The van der Waals surface area contributed by atoms with Crippen LogP contribution in [0.2, 0.25) is 0 Å². The van der Waals surface area contributed by atoms with Gasteiger partial charge in [-0.15, -0.1) is 0 Å². The number of amides is 1. The van der Waals surface area contributed by atoms with E-state index in [1.165, 1.54) is 0 Å². The summed E-state index contributed by atoms with van der Waals surface area (Å²) in [6.07, 6.45) is 8.83. The van der Waals surface area contributed by atoms with Gasteiger partial charge in [0.2, 0.25) is 0 Å². The number of rotatable bonds is 7. The second-order valence-corrected chi connectivity index (χ2v) is 8.15. The molecule has 0 aliphatic carbocycles. The molecule has 0 spiro atoms. The fraction of sp³-hybridized carbons (Fsp3) is 0.346. The highest BCUT2D eigenvalue weighted by molar-refractivity contribution is 6.06. The third-order valence-electron chi connectivity index (χ3n) is 6.39. The number of methoxy groups -OCH3 is 3. The maximum absolute atomic E-state index is 13.5. The lowest BCUT2D eigenvalue weighted by atomic mass is 10.0. The highest BCUT2D eigenvalue weighted by atomic mass is 16.5. The van der Waals surface area contributed by atoms with E-state index < -0.39 is 0 Å². The highest BCUT2D eigenvalue weighted by Crippen LogP contribution is 2.37. The molecule has 0 saturated carbocycles. The molecule has 0 aromatic heterocycles. The molecular weight excluding hydrogens is 404 g/mol. The summed E-state index contributed by atoms with van der Waals surface area (Å²) >= 11 is 0. The first-order valence-corrected chi connectivity index (χ1v) is 10.8. The topological polar surface area (TPSA) is 51.2 Å². The second kappa shape index (κ2) is 9.49. The van der Waals surface area contributed by atoms with Crippen LogP contribution in [0.5, 0.6) is 17.2 Å². The van der Waals surface area contributed by atoms with Crippen LogP contribution >= 0.6 is 0 Å². The van der Waals surface area contributed by atoms with Crippen LogP contribution < -0.4 is 19.1 Å². The lowest BCUT2D eigenvalue weighted by molar-refractivity contribution is -0.113. The van der Waals surface area contributed by atoms with Crippen LogP contribution in [0.3, 0.4) is 0 Å². The van der Waals surface area contributed by atoms with Gasteiger partial charge >= 0.3 is 0 Å². The number of ether oxygens (including phenoxy) is 3. The Labute approximate surface area is 189 Å². The van der Waals surface area contributed by atoms with Gasteiger partial charge in [0.25, 0.3) is 5.91 Å². The van der Waals surface area contributed by atoms with Crippen molar-refractivity contribution in [3.63, 3.8) is 0 Å². The van der Waals surface area contributed by atoms with Gasteiger partial charge in [-0.25, -0.2) is 0 Å². The quantitative estimate of drug-likeness (QED) is 0.600. The third kappa shape index (κ3) is 4.36. The standard InChI is InChI=1S/C26H30N2O4/c1-27-20-7-8-21(27)17-22(16-20)28(19-9-11-23(30-2)12-10-19)26(29)14-6-18-5-13-24(31-3)25(15-18)32-4/h5-6,9-16,20-21H,7-8,17H2,1-4H3. The number of nitrogens with zero attached hydrogens (tertiary/aromatic N) is 2. The van der Waals surface area contributed by atoms with E-state index in [1.54, 1.807) is 27.4 Å². The normalized spacial score (nSPS) is 20.2. The molecule has 32 heavy (non-hydrogen) atoms. The average Bonchev–Trinajstić information content (AvgIpc) is 3.02. The summed E-state index contributed by atoms with van der Waals surface area (Å²) in [4.78, 5) is 17.7. The van der Waals surface area contributed by atoms with Crippen LogP contribution in [0.25, 0.3) is 6.08 Å². The lowest BCUT2D eigenvalue weighted by Crippen LogP contribution is -2.40. The summed E-state index contributed by atoms with van der Waals surface area (Å²) in [5, 5.41) is 0. The van der Waals surface area contributed by atoms with E-state index in [0.717, 1.165) is 42.0 Å². The van der Waals surface area contributed by atoms with Gasteiger partial charge in [0.1, 0.15) is 5.75 Å². The summed E-state index contributed by atoms with van der Waals surface area (Å²) in [5.74, 6) is 1.96. The Bertz CT molecular complexity index is 1030. The van der Waals surface area contributed by atoms with Crippen LogP contribution in [-0.4, -0.2) is 51.3 Å². The predicted octanol–water partition coefficient (Wildman–Crippen LogP) is 4.51. The van der Waals surface area contributed by atoms with Crippen molar-refractivity contribution < 1.29 is 19.0 Å². The average molecular weight is 435 g/mol. The summed E-state index contributed by atoms with van der Waals surface area (Å²) in [5.41, 5.74) is 2.76. The SMILES string of the molecule is COc1ccc(N(C(=O)C=Cc2ccc(OC)c(OC)c2)C2=CC3CCC(C2)N3C)cc1. The first-order valence-electron chi connectivity index (χ1n) is 10.8. The molecule has 2 bridgehead atoms. The van der Waals surface area contributed by atoms with E-state index in [1.807, 2.05) is 53.4 Å². The minimum absolute atomic E-state index is 0.0832. The Morgan fingerprint density at radius 2 is 1.75 bits per heavy atom. The third-order valence-corrected chi connectivity index (χ3v) is 6.39. The number of anilines is 1. The maximum Gasteiger partial charge on any atom is 0.255 e. The van der Waals surface area contributed by atoms with Crippen LogP contribution in [0, 0.1) is 0 Å². The first-order chi connectivity index (χ1) is 15.5. The van der Waals surface area contributed by atoms with Crippen molar-refractivity contribution >= 4 is 17.7 Å². The number of fused-ring (bicyclic) bond motifs is 2. The molecule has 168 valence electrons. The molecule has 4 rings (SSSR count). The Morgan fingerprint density at radius 3 is 2.41 bits per heavy atom. The van der Waals surface area contributed by atoms with Crippen molar-refractivity contribution in [3.8, 4) is 17.2 Å². The molecular formula is C26H30N2O4. The summed E-state index contributed by atoms with van der Waals surface area (Å²) in [6.45, 7) is 0. The monoisotopic (exact) mass is 434 g/mol. The van der Waals surface area contributed by atoms with Crippen molar-refractivity contribution in [3.05, 3.63) is 65.9 Å². The van der Waals surface area contributed by atoms with Crippen molar-refractivity contribution in [1.82, 2.24) is 4.90 Å². The molecule has 0 N–H and O–H groups in total. The number of benzene rings is 2.